The van der Waals surface area contributed by atoms with E-state index in [0.717, 1.165) is 16.4 Å². The molecule has 0 fully saturated rings. The number of hydrogen-bond acceptors (Lipinski definition) is 5. The molecule has 0 spiro atoms. The van der Waals surface area contributed by atoms with Gasteiger partial charge in [0.25, 0.3) is 0 Å². The topological polar surface area (TPSA) is 80.2 Å². The highest BCUT2D eigenvalue weighted by atomic mass is 15.1. The van der Waals surface area contributed by atoms with Crippen molar-refractivity contribution in [2.75, 3.05) is 0 Å². The SMILES string of the molecule is c1ccc2nnc(-c3ncc4[nH]cnc4n3)cc2c1. The Morgan fingerprint density at radius 3 is 2.95 bits per heavy atom. The predicted octanol–water partition coefficient (Wildman–Crippen LogP) is 1.96. The number of aromatic amines is 1. The zero-order valence-electron chi connectivity index (χ0n) is 9.78. The minimum absolute atomic E-state index is 0.526. The highest BCUT2D eigenvalue weighted by molar-refractivity contribution is 5.81. The molecule has 6 nitrogen and oxygen atoms in total. The van der Waals surface area contributed by atoms with E-state index < -0.39 is 0 Å². The molecule has 0 radical (unpaired) electrons. The molecule has 0 aliphatic carbocycles. The van der Waals surface area contributed by atoms with E-state index >= 15 is 0 Å². The maximum atomic E-state index is 4.36. The average Bonchev–Trinajstić information content (AvgIpc) is 2.94. The smallest absolute Gasteiger partial charge is 0.182 e. The van der Waals surface area contributed by atoms with Crippen LogP contribution < -0.4 is 0 Å². The van der Waals surface area contributed by atoms with Crippen LogP contribution in [0.25, 0.3) is 33.6 Å². The van der Waals surface area contributed by atoms with Gasteiger partial charge in [0, 0.05) is 5.39 Å². The second-order valence-electron chi connectivity index (χ2n) is 4.12. The molecular weight excluding hydrogens is 240 g/mol. The third-order valence-electron chi connectivity index (χ3n) is 2.90. The van der Waals surface area contributed by atoms with Crippen LogP contribution in [0.15, 0.2) is 42.9 Å². The molecule has 1 N–H and O–H groups in total. The van der Waals surface area contributed by atoms with Gasteiger partial charge in [-0.25, -0.2) is 15.0 Å². The number of aromatic nitrogens is 6. The van der Waals surface area contributed by atoms with E-state index in [1.165, 1.54) is 0 Å². The van der Waals surface area contributed by atoms with Crippen LogP contribution in [0.3, 0.4) is 0 Å². The van der Waals surface area contributed by atoms with Gasteiger partial charge < -0.3 is 4.98 Å². The Morgan fingerprint density at radius 1 is 1.00 bits per heavy atom. The van der Waals surface area contributed by atoms with Crippen molar-refractivity contribution >= 4 is 22.1 Å². The van der Waals surface area contributed by atoms with Crippen molar-refractivity contribution in [3.8, 4) is 11.5 Å². The van der Waals surface area contributed by atoms with Crippen molar-refractivity contribution < 1.29 is 0 Å². The van der Waals surface area contributed by atoms with Crippen molar-refractivity contribution in [3.05, 3.63) is 42.9 Å². The summed E-state index contributed by atoms with van der Waals surface area (Å²) in [6.07, 6.45) is 3.29. The molecule has 4 rings (SSSR count). The van der Waals surface area contributed by atoms with Gasteiger partial charge in [-0.05, 0) is 12.1 Å². The minimum Gasteiger partial charge on any atom is -0.342 e. The second-order valence-corrected chi connectivity index (χ2v) is 4.12. The molecule has 0 amide bonds. The van der Waals surface area contributed by atoms with Gasteiger partial charge in [0.05, 0.1) is 18.0 Å². The standard InChI is InChI=1S/C13H8N6/c1-2-4-9-8(3-1)5-10(19-18-9)12-14-6-11-13(17-12)16-7-15-11/h1-7H,(H,14,15,16,17). The molecule has 1 aromatic carbocycles. The first-order valence-electron chi connectivity index (χ1n) is 5.79. The van der Waals surface area contributed by atoms with E-state index in [4.69, 9.17) is 0 Å². The Morgan fingerprint density at radius 2 is 1.95 bits per heavy atom. The summed E-state index contributed by atoms with van der Waals surface area (Å²) in [5, 5.41) is 9.33. The van der Waals surface area contributed by atoms with Crippen LogP contribution in [-0.2, 0) is 0 Å². The van der Waals surface area contributed by atoms with Gasteiger partial charge in [-0.15, -0.1) is 10.2 Å². The largest absolute Gasteiger partial charge is 0.342 e. The first-order valence-corrected chi connectivity index (χ1v) is 5.79. The normalized spacial score (nSPS) is 11.2. The van der Waals surface area contributed by atoms with Crippen LogP contribution in [0.1, 0.15) is 0 Å². The Hall–Kier alpha value is -2.89. The van der Waals surface area contributed by atoms with Crippen molar-refractivity contribution in [2.45, 2.75) is 0 Å². The second kappa shape index (κ2) is 3.81. The summed E-state index contributed by atoms with van der Waals surface area (Å²) >= 11 is 0. The molecule has 19 heavy (non-hydrogen) atoms. The van der Waals surface area contributed by atoms with Crippen molar-refractivity contribution in [3.63, 3.8) is 0 Å². The molecule has 0 saturated carbocycles. The molecule has 0 atom stereocenters. The number of fused-ring (bicyclic) bond motifs is 2. The molecule has 3 heterocycles. The summed E-state index contributed by atoms with van der Waals surface area (Å²) in [5.41, 5.74) is 2.92. The zero-order chi connectivity index (χ0) is 12.7. The summed E-state index contributed by atoms with van der Waals surface area (Å²) in [4.78, 5) is 15.7. The molecule has 0 unspecified atom stereocenters. The first kappa shape index (κ1) is 10.1. The van der Waals surface area contributed by atoms with E-state index in [1.54, 1.807) is 12.5 Å². The van der Waals surface area contributed by atoms with Crippen LogP contribution in [0.2, 0.25) is 0 Å². The number of rotatable bonds is 1. The lowest BCUT2D eigenvalue weighted by Gasteiger charge is -2.00. The number of nitrogens with zero attached hydrogens (tertiary/aromatic N) is 5. The monoisotopic (exact) mass is 248 g/mol. The Kier molecular flexibility index (Phi) is 2.02. The fourth-order valence-corrected chi connectivity index (χ4v) is 1.95. The fourth-order valence-electron chi connectivity index (χ4n) is 1.95. The van der Waals surface area contributed by atoms with Crippen LogP contribution in [0, 0.1) is 0 Å². The summed E-state index contributed by atoms with van der Waals surface area (Å²) in [6.45, 7) is 0. The maximum Gasteiger partial charge on any atom is 0.182 e. The molecule has 4 aromatic rings. The van der Waals surface area contributed by atoms with Crippen LogP contribution in [-0.4, -0.2) is 30.1 Å². The summed E-state index contributed by atoms with van der Waals surface area (Å²) in [7, 11) is 0. The molecule has 0 bridgehead atoms. The average molecular weight is 248 g/mol. The number of benzene rings is 1. The fraction of sp³-hybridized carbons (Fsp3) is 0. The van der Waals surface area contributed by atoms with Gasteiger partial charge in [-0.2, -0.15) is 0 Å². The van der Waals surface area contributed by atoms with Gasteiger partial charge in [0.15, 0.2) is 11.5 Å². The molecule has 3 aromatic heterocycles. The van der Waals surface area contributed by atoms with E-state index in [1.807, 2.05) is 30.3 Å². The Bertz CT molecular complexity index is 882. The van der Waals surface area contributed by atoms with Gasteiger partial charge in [0.2, 0.25) is 0 Å². The quantitative estimate of drug-likeness (QED) is 0.557. The van der Waals surface area contributed by atoms with Gasteiger partial charge >= 0.3 is 0 Å². The third-order valence-corrected chi connectivity index (χ3v) is 2.90. The Labute approximate surface area is 107 Å². The van der Waals surface area contributed by atoms with Crippen molar-refractivity contribution in [1.82, 2.24) is 30.1 Å². The minimum atomic E-state index is 0.526. The van der Waals surface area contributed by atoms with Crippen molar-refractivity contribution in [2.24, 2.45) is 0 Å². The van der Waals surface area contributed by atoms with Crippen LogP contribution in [0.4, 0.5) is 0 Å². The summed E-state index contributed by atoms with van der Waals surface area (Å²) in [6, 6.07) is 9.73. The van der Waals surface area contributed by atoms with Crippen molar-refractivity contribution in [1.29, 1.82) is 0 Å². The van der Waals surface area contributed by atoms with E-state index in [-0.39, 0.29) is 0 Å². The number of hydrogen-bond donors (Lipinski definition) is 1. The van der Waals surface area contributed by atoms with E-state index in [2.05, 4.69) is 30.1 Å². The molecule has 0 aliphatic heterocycles. The van der Waals surface area contributed by atoms with Crippen LogP contribution in [0.5, 0.6) is 0 Å². The lowest BCUT2D eigenvalue weighted by Crippen LogP contribution is -1.94. The molecule has 0 aliphatic rings. The number of H-pyrrole nitrogens is 1. The van der Waals surface area contributed by atoms with E-state index in [0.29, 0.717) is 17.2 Å². The summed E-state index contributed by atoms with van der Waals surface area (Å²) < 4.78 is 0. The van der Waals surface area contributed by atoms with Gasteiger partial charge in [0.1, 0.15) is 11.2 Å². The summed E-state index contributed by atoms with van der Waals surface area (Å²) in [5.74, 6) is 0.526. The van der Waals surface area contributed by atoms with Gasteiger partial charge in [-0.1, -0.05) is 18.2 Å². The molecule has 6 heteroatoms. The third kappa shape index (κ3) is 1.61. The first-order chi connectivity index (χ1) is 9.40. The highest BCUT2D eigenvalue weighted by Crippen LogP contribution is 2.18. The molecule has 0 saturated heterocycles. The van der Waals surface area contributed by atoms with Crippen LogP contribution >= 0.6 is 0 Å². The number of imidazole rings is 1. The molecular formula is C13H8N6. The van der Waals surface area contributed by atoms with E-state index in [9.17, 15) is 0 Å². The lowest BCUT2D eigenvalue weighted by molar-refractivity contribution is 1.05. The predicted molar refractivity (Wildman–Crippen MR) is 70.2 cm³/mol. The Balaban J connectivity index is 1.92. The maximum absolute atomic E-state index is 4.36. The lowest BCUT2D eigenvalue weighted by atomic mass is 10.2. The van der Waals surface area contributed by atoms with Gasteiger partial charge in [-0.3, -0.25) is 0 Å². The molecule has 90 valence electrons. The number of nitrogens with one attached hydrogen (secondary N) is 1. The zero-order valence-corrected chi connectivity index (χ0v) is 9.78. The highest BCUT2D eigenvalue weighted by Gasteiger charge is 2.07.